The first-order valence-electron chi connectivity index (χ1n) is 7.63. The van der Waals surface area contributed by atoms with E-state index in [9.17, 15) is 0 Å². The number of fused-ring (bicyclic) bond motifs is 1. The molecule has 0 amide bonds. The van der Waals surface area contributed by atoms with Gasteiger partial charge in [0.2, 0.25) is 0 Å². The molecule has 0 aliphatic heterocycles. The summed E-state index contributed by atoms with van der Waals surface area (Å²) in [5.41, 5.74) is 10.1. The van der Waals surface area contributed by atoms with E-state index < -0.39 is 0 Å². The molecule has 2 aromatic carbocycles. The zero-order chi connectivity index (χ0) is 16.5. The molecule has 0 aliphatic carbocycles. The Morgan fingerprint density at radius 1 is 1.08 bits per heavy atom. The molecule has 0 unspecified atom stereocenters. The van der Waals surface area contributed by atoms with Crippen molar-refractivity contribution < 1.29 is 0 Å². The van der Waals surface area contributed by atoms with E-state index in [-0.39, 0.29) is 0 Å². The van der Waals surface area contributed by atoms with Gasteiger partial charge in [0, 0.05) is 12.1 Å². The highest BCUT2D eigenvalue weighted by Gasteiger charge is 2.18. The maximum absolute atomic E-state index is 5.99. The van der Waals surface area contributed by atoms with Crippen LogP contribution < -0.4 is 5.73 Å². The summed E-state index contributed by atoms with van der Waals surface area (Å²) in [4.78, 5) is 4.73. The second-order valence-corrected chi connectivity index (χ2v) is 7.64. The number of rotatable bonds is 4. The van der Waals surface area contributed by atoms with Crippen molar-refractivity contribution in [2.75, 3.05) is 0 Å². The third kappa shape index (κ3) is 2.73. The minimum absolute atomic E-state index is 0.464. The first-order valence-corrected chi connectivity index (χ1v) is 9.27. The highest BCUT2D eigenvalue weighted by molar-refractivity contribution is 8.01. The summed E-state index contributed by atoms with van der Waals surface area (Å²) in [7, 11) is 0. The molecule has 0 atom stereocenters. The Kier molecular flexibility index (Phi) is 4.10. The minimum atomic E-state index is 0.464. The molecule has 4 aromatic rings. The van der Waals surface area contributed by atoms with Crippen LogP contribution in [0.2, 0.25) is 0 Å². The number of nitrogens with zero attached hydrogens (tertiary/aromatic N) is 3. The molecule has 24 heavy (non-hydrogen) atoms. The summed E-state index contributed by atoms with van der Waals surface area (Å²) in [6.45, 7) is 2.47. The Balaban J connectivity index is 1.81. The molecule has 120 valence electrons. The van der Waals surface area contributed by atoms with Gasteiger partial charge in [-0.05, 0) is 43.0 Å². The van der Waals surface area contributed by atoms with Gasteiger partial charge in [0.1, 0.15) is 5.03 Å². The smallest absolute Gasteiger partial charge is 0.157 e. The fraction of sp³-hybridized carbons (Fsp3) is 0.111. The van der Waals surface area contributed by atoms with E-state index in [0.717, 1.165) is 31.8 Å². The van der Waals surface area contributed by atoms with Crippen LogP contribution in [0.1, 0.15) is 11.3 Å². The van der Waals surface area contributed by atoms with Crippen molar-refractivity contribution in [2.24, 2.45) is 5.73 Å². The van der Waals surface area contributed by atoms with Crippen LogP contribution >= 0.6 is 23.1 Å². The lowest BCUT2D eigenvalue weighted by Crippen LogP contribution is -2.01. The second kappa shape index (κ2) is 6.39. The van der Waals surface area contributed by atoms with Crippen molar-refractivity contribution in [1.29, 1.82) is 0 Å². The van der Waals surface area contributed by atoms with E-state index in [4.69, 9.17) is 15.8 Å². The Labute approximate surface area is 148 Å². The van der Waals surface area contributed by atoms with Gasteiger partial charge in [-0.25, -0.2) is 9.67 Å². The molecule has 0 bridgehead atoms. The Morgan fingerprint density at radius 3 is 2.58 bits per heavy atom. The van der Waals surface area contributed by atoms with Crippen LogP contribution in [0.25, 0.3) is 15.9 Å². The third-order valence-electron chi connectivity index (χ3n) is 3.80. The zero-order valence-electron chi connectivity index (χ0n) is 13.1. The van der Waals surface area contributed by atoms with Crippen molar-refractivity contribution in [1.82, 2.24) is 14.8 Å². The van der Waals surface area contributed by atoms with E-state index in [1.165, 1.54) is 4.70 Å². The number of aromatic nitrogens is 3. The summed E-state index contributed by atoms with van der Waals surface area (Å²) in [5, 5.41) is 5.74. The van der Waals surface area contributed by atoms with Crippen LogP contribution in [0.5, 0.6) is 0 Å². The van der Waals surface area contributed by atoms with Gasteiger partial charge in [-0.2, -0.15) is 5.10 Å². The Morgan fingerprint density at radius 2 is 1.83 bits per heavy atom. The van der Waals surface area contributed by atoms with Crippen molar-refractivity contribution in [3.8, 4) is 5.69 Å². The molecule has 0 aliphatic rings. The molecule has 2 heterocycles. The van der Waals surface area contributed by atoms with Crippen LogP contribution in [-0.2, 0) is 6.54 Å². The topological polar surface area (TPSA) is 56.7 Å². The van der Waals surface area contributed by atoms with E-state index >= 15 is 0 Å². The number of aryl methyl sites for hydroxylation is 1. The Bertz CT molecular complexity index is 956. The lowest BCUT2D eigenvalue weighted by Gasteiger charge is -2.07. The first kappa shape index (κ1) is 15.4. The molecule has 2 N–H and O–H groups in total. The van der Waals surface area contributed by atoms with Gasteiger partial charge in [0.05, 0.1) is 21.6 Å². The zero-order valence-corrected chi connectivity index (χ0v) is 14.8. The summed E-state index contributed by atoms with van der Waals surface area (Å²) in [6, 6.07) is 18.3. The summed E-state index contributed by atoms with van der Waals surface area (Å²) in [6.07, 6.45) is 0. The highest BCUT2D eigenvalue weighted by atomic mass is 32.2. The highest BCUT2D eigenvalue weighted by Crippen LogP contribution is 2.37. The van der Waals surface area contributed by atoms with Crippen molar-refractivity contribution in [3.05, 3.63) is 65.9 Å². The van der Waals surface area contributed by atoms with Crippen LogP contribution in [0.3, 0.4) is 0 Å². The van der Waals surface area contributed by atoms with Gasteiger partial charge in [0.15, 0.2) is 4.34 Å². The third-order valence-corrected chi connectivity index (χ3v) is 6.01. The minimum Gasteiger partial charge on any atom is -0.326 e. The van der Waals surface area contributed by atoms with E-state index in [1.54, 1.807) is 23.1 Å². The van der Waals surface area contributed by atoms with Gasteiger partial charge < -0.3 is 5.73 Å². The fourth-order valence-corrected chi connectivity index (χ4v) is 4.87. The van der Waals surface area contributed by atoms with E-state index in [0.29, 0.717) is 6.54 Å². The number of benzene rings is 2. The quantitative estimate of drug-likeness (QED) is 0.591. The molecule has 0 saturated heterocycles. The van der Waals surface area contributed by atoms with Crippen LogP contribution in [0.15, 0.2) is 64.0 Å². The van der Waals surface area contributed by atoms with Gasteiger partial charge in [-0.3, -0.25) is 0 Å². The average Bonchev–Trinajstić information content (AvgIpc) is 3.16. The molecule has 0 fully saturated rings. The van der Waals surface area contributed by atoms with Gasteiger partial charge >= 0.3 is 0 Å². The van der Waals surface area contributed by atoms with Crippen molar-refractivity contribution in [2.45, 2.75) is 22.8 Å². The Hall–Kier alpha value is -2.15. The van der Waals surface area contributed by atoms with Crippen molar-refractivity contribution in [3.63, 3.8) is 0 Å². The van der Waals surface area contributed by atoms with Gasteiger partial charge in [-0.15, -0.1) is 11.3 Å². The summed E-state index contributed by atoms with van der Waals surface area (Å²) >= 11 is 3.33. The number of para-hydroxylation sites is 2. The SMILES string of the molecule is Cc1nn(-c2ccccc2)c(Sc2nc3ccccc3s2)c1CN. The number of nitrogens with two attached hydrogens (primary N) is 1. The monoisotopic (exact) mass is 352 g/mol. The predicted molar refractivity (Wildman–Crippen MR) is 99.9 cm³/mol. The second-order valence-electron chi connectivity index (χ2n) is 5.37. The standard InChI is InChI=1S/C18H16N4S2/c1-12-14(11-19)17(22(21-12)13-7-3-2-4-8-13)24-18-20-15-9-5-6-10-16(15)23-18/h2-10H,11,19H2,1H3. The normalized spacial score (nSPS) is 11.2. The largest absolute Gasteiger partial charge is 0.326 e. The summed E-state index contributed by atoms with van der Waals surface area (Å²) < 4.78 is 4.16. The number of hydrogen-bond donors (Lipinski definition) is 1. The molecule has 0 spiro atoms. The summed E-state index contributed by atoms with van der Waals surface area (Å²) in [5.74, 6) is 0. The van der Waals surface area contributed by atoms with Gasteiger partial charge in [0.25, 0.3) is 0 Å². The molecular weight excluding hydrogens is 336 g/mol. The molecule has 6 heteroatoms. The molecule has 4 rings (SSSR count). The molecule has 0 radical (unpaired) electrons. The maximum atomic E-state index is 5.99. The van der Waals surface area contributed by atoms with E-state index in [2.05, 4.69) is 18.2 Å². The maximum Gasteiger partial charge on any atom is 0.157 e. The molecule has 4 nitrogen and oxygen atoms in total. The van der Waals surface area contributed by atoms with Crippen LogP contribution in [0.4, 0.5) is 0 Å². The van der Waals surface area contributed by atoms with Crippen molar-refractivity contribution >= 4 is 33.3 Å². The molecule has 2 aromatic heterocycles. The predicted octanol–water partition coefficient (Wildman–Crippen LogP) is 4.40. The van der Waals surface area contributed by atoms with E-state index in [1.807, 2.05) is 48.0 Å². The van der Waals surface area contributed by atoms with Crippen LogP contribution in [-0.4, -0.2) is 14.8 Å². The van der Waals surface area contributed by atoms with Gasteiger partial charge in [-0.1, -0.05) is 30.3 Å². The fourth-order valence-electron chi connectivity index (χ4n) is 2.60. The average molecular weight is 352 g/mol. The number of thiazole rings is 1. The number of hydrogen-bond acceptors (Lipinski definition) is 5. The first-order chi connectivity index (χ1) is 11.8. The lowest BCUT2D eigenvalue weighted by molar-refractivity contribution is 0.788. The lowest BCUT2D eigenvalue weighted by atomic mass is 10.3. The molecule has 0 saturated carbocycles. The molecular formula is C18H16N4S2. The van der Waals surface area contributed by atoms with Crippen LogP contribution in [0, 0.1) is 6.92 Å².